The SMILES string of the molecule is Cc1cc(C)cc(C2c3ccccc3C(=O)N2Cc2ccccc2)c1. The van der Waals surface area contributed by atoms with Crippen molar-refractivity contribution in [2.45, 2.75) is 26.4 Å². The molecule has 0 aliphatic carbocycles. The lowest BCUT2D eigenvalue weighted by Crippen LogP contribution is -2.28. The molecule has 3 aromatic carbocycles. The summed E-state index contributed by atoms with van der Waals surface area (Å²) < 4.78 is 0. The Morgan fingerprint density at radius 3 is 2.20 bits per heavy atom. The Kier molecular flexibility index (Phi) is 3.89. The van der Waals surface area contributed by atoms with Crippen molar-refractivity contribution in [3.05, 3.63) is 106 Å². The standard InChI is InChI=1S/C23H21NO/c1-16-12-17(2)14-19(13-16)22-20-10-6-7-11-21(20)23(25)24(22)15-18-8-4-3-5-9-18/h3-14,22H,15H2,1-2H3. The fourth-order valence-corrected chi connectivity index (χ4v) is 3.84. The van der Waals surface area contributed by atoms with Gasteiger partial charge in [0.25, 0.3) is 5.91 Å². The van der Waals surface area contributed by atoms with Crippen LogP contribution in [0.5, 0.6) is 0 Å². The summed E-state index contributed by atoms with van der Waals surface area (Å²) >= 11 is 0. The molecule has 25 heavy (non-hydrogen) atoms. The Bertz CT molecular complexity index is 910. The summed E-state index contributed by atoms with van der Waals surface area (Å²) in [7, 11) is 0. The average molecular weight is 327 g/mol. The summed E-state index contributed by atoms with van der Waals surface area (Å²) in [5, 5.41) is 0. The predicted octanol–water partition coefficient (Wildman–Crippen LogP) is 5.05. The van der Waals surface area contributed by atoms with Crippen LogP contribution in [-0.4, -0.2) is 10.8 Å². The van der Waals surface area contributed by atoms with Gasteiger partial charge in [0.1, 0.15) is 0 Å². The maximum Gasteiger partial charge on any atom is 0.255 e. The minimum atomic E-state index is -0.0255. The zero-order chi connectivity index (χ0) is 17.4. The lowest BCUT2D eigenvalue weighted by atomic mass is 9.95. The van der Waals surface area contributed by atoms with Gasteiger partial charge >= 0.3 is 0 Å². The number of carbonyl (C=O) groups is 1. The quantitative estimate of drug-likeness (QED) is 0.659. The fraction of sp³-hybridized carbons (Fsp3) is 0.174. The van der Waals surface area contributed by atoms with Crippen molar-refractivity contribution in [1.82, 2.24) is 4.90 Å². The Morgan fingerprint density at radius 2 is 1.48 bits per heavy atom. The molecule has 3 aromatic rings. The maximum atomic E-state index is 13.1. The number of amides is 1. The summed E-state index contributed by atoms with van der Waals surface area (Å²) in [4.78, 5) is 15.1. The van der Waals surface area contributed by atoms with E-state index in [1.54, 1.807) is 0 Å². The van der Waals surface area contributed by atoms with Gasteiger partial charge in [0.15, 0.2) is 0 Å². The van der Waals surface area contributed by atoms with Gasteiger partial charge in [0, 0.05) is 12.1 Å². The third-order valence-corrected chi connectivity index (χ3v) is 4.81. The van der Waals surface area contributed by atoms with Gasteiger partial charge in [-0.05, 0) is 36.6 Å². The number of hydrogen-bond acceptors (Lipinski definition) is 1. The van der Waals surface area contributed by atoms with E-state index in [2.05, 4.69) is 50.2 Å². The minimum Gasteiger partial charge on any atom is -0.323 e. The zero-order valence-electron chi connectivity index (χ0n) is 14.6. The molecule has 0 aromatic heterocycles. The first-order valence-corrected chi connectivity index (χ1v) is 8.65. The summed E-state index contributed by atoms with van der Waals surface area (Å²) in [6.07, 6.45) is 0. The second-order valence-corrected chi connectivity index (χ2v) is 6.83. The first-order valence-electron chi connectivity index (χ1n) is 8.65. The van der Waals surface area contributed by atoms with Gasteiger partial charge in [0.2, 0.25) is 0 Å². The molecule has 2 nitrogen and oxygen atoms in total. The van der Waals surface area contributed by atoms with E-state index in [9.17, 15) is 4.79 Å². The second-order valence-electron chi connectivity index (χ2n) is 6.83. The van der Waals surface area contributed by atoms with E-state index >= 15 is 0 Å². The predicted molar refractivity (Wildman–Crippen MR) is 101 cm³/mol. The third kappa shape index (κ3) is 2.85. The molecule has 124 valence electrons. The summed E-state index contributed by atoms with van der Waals surface area (Å²) in [6, 6.07) is 24.7. The lowest BCUT2D eigenvalue weighted by molar-refractivity contribution is 0.0736. The van der Waals surface area contributed by atoms with Gasteiger partial charge in [-0.1, -0.05) is 77.9 Å². The van der Waals surface area contributed by atoms with Gasteiger partial charge in [-0.15, -0.1) is 0 Å². The highest BCUT2D eigenvalue weighted by molar-refractivity contribution is 5.99. The molecule has 2 heteroatoms. The molecule has 1 unspecified atom stereocenters. The van der Waals surface area contributed by atoms with Crippen molar-refractivity contribution in [2.24, 2.45) is 0 Å². The van der Waals surface area contributed by atoms with Crippen LogP contribution in [0, 0.1) is 13.8 Å². The minimum absolute atomic E-state index is 0.0255. The second kappa shape index (κ2) is 6.21. The highest BCUT2D eigenvalue weighted by Crippen LogP contribution is 2.39. The van der Waals surface area contributed by atoms with E-state index < -0.39 is 0 Å². The van der Waals surface area contributed by atoms with Crippen molar-refractivity contribution in [1.29, 1.82) is 0 Å². The van der Waals surface area contributed by atoms with Gasteiger partial charge in [0.05, 0.1) is 6.04 Å². The number of nitrogens with zero attached hydrogens (tertiary/aromatic N) is 1. The van der Waals surface area contributed by atoms with E-state index in [0.29, 0.717) is 6.54 Å². The van der Waals surface area contributed by atoms with Crippen LogP contribution in [0.3, 0.4) is 0 Å². The Hall–Kier alpha value is -2.87. The van der Waals surface area contributed by atoms with E-state index in [1.807, 2.05) is 41.3 Å². The summed E-state index contributed by atoms with van der Waals surface area (Å²) in [6.45, 7) is 4.84. The van der Waals surface area contributed by atoms with Crippen molar-refractivity contribution in [2.75, 3.05) is 0 Å². The number of benzene rings is 3. The molecule has 1 amide bonds. The molecule has 0 fully saturated rings. The highest BCUT2D eigenvalue weighted by atomic mass is 16.2. The number of fused-ring (bicyclic) bond motifs is 1. The van der Waals surface area contributed by atoms with Crippen molar-refractivity contribution in [3.8, 4) is 0 Å². The van der Waals surface area contributed by atoms with Crippen molar-refractivity contribution >= 4 is 5.91 Å². The Morgan fingerprint density at radius 1 is 0.840 bits per heavy atom. The van der Waals surface area contributed by atoms with Crippen LogP contribution in [0.15, 0.2) is 72.8 Å². The molecule has 0 bridgehead atoms. The molecular weight excluding hydrogens is 306 g/mol. The molecule has 0 radical (unpaired) electrons. The largest absolute Gasteiger partial charge is 0.323 e. The third-order valence-electron chi connectivity index (χ3n) is 4.81. The van der Waals surface area contributed by atoms with Gasteiger partial charge in [-0.2, -0.15) is 0 Å². The first-order chi connectivity index (χ1) is 12.1. The zero-order valence-corrected chi connectivity index (χ0v) is 14.6. The van der Waals surface area contributed by atoms with Crippen LogP contribution in [0.1, 0.15) is 44.2 Å². The molecule has 1 atom stereocenters. The van der Waals surface area contributed by atoms with Crippen LogP contribution in [0.4, 0.5) is 0 Å². The van der Waals surface area contributed by atoms with Crippen LogP contribution >= 0.6 is 0 Å². The van der Waals surface area contributed by atoms with Crippen LogP contribution in [0.2, 0.25) is 0 Å². The number of aryl methyl sites for hydroxylation is 2. The summed E-state index contributed by atoms with van der Waals surface area (Å²) in [5.41, 5.74) is 6.72. The molecular formula is C23H21NO. The first kappa shape index (κ1) is 15.6. The van der Waals surface area contributed by atoms with Crippen molar-refractivity contribution in [3.63, 3.8) is 0 Å². The topological polar surface area (TPSA) is 20.3 Å². The van der Waals surface area contributed by atoms with E-state index in [4.69, 9.17) is 0 Å². The highest BCUT2D eigenvalue weighted by Gasteiger charge is 2.37. The average Bonchev–Trinajstić information content (AvgIpc) is 2.88. The van der Waals surface area contributed by atoms with E-state index in [-0.39, 0.29) is 11.9 Å². The smallest absolute Gasteiger partial charge is 0.255 e. The van der Waals surface area contributed by atoms with Gasteiger partial charge in [-0.3, -0.25) is 4.79 Å². The van der Waals surface area contributed by atoms with Crippen molar-refractivity contribution < 1.29 is 4.79 Å². The lowest BCUT2D eigenvalue weighted by Gasteiger charge is -2.26. The molecule has 1 aliphatic heterocycles. The molecule has 4 rings (SSSR count). The molecule has 0 N–H and O–H groups in total. The van der Waals surface area contributed by atoms with Crippen LogP contribution in [0.25, 0.3) is 0 Å². The molecule has 0 spiro atoms. The molecule has 1 aliphatic rings. The maximum absolute atomic E-state index is 13.1. The number of carbonyl (C=O) groups excluding carboxylic acids is 1. The van der Waals surface area contributed by atoms with E-state index in [1.165, 1.54) is 16.7 Å². The van der Waals surface area contributed by atoms with Crippen LogP contribution in [-0.2, 0) is 6.54 Å². The Labute approximate surface area is 148 Å². The molecule has 0 saturated heterocycles. The van der Waals surface area contributed by atoms with Gasteiger partial charge < -0.3 is 4.90 Å². The number of hydrogen-bond donors (Lipinski definition) is 0. The summed E-state index contributed by atoms with van der Waals surface area (Å²) in [5.74, 6) is 0.114. The Balaban J connectivity index is 1.82. The van der Waals surface area contributed by atoms with E-state index in [0.717, 1.165) is 16.7 Å². The fourth-order valence-electron chi connectivity index (χ4n) is 3.84. The normalized spacial score (nSPS) is 16.2. The molecule has 0 saturated carbocycles. The molecule has 1 heterocycles. The number of rotatable bonds is 3. The van der Waals surface area contributed by atoms with Crippen LogP contribution < -0.4 is 0 Å². The van der Waals surface area contributed by atoms with Gasteiger partial charge in [-0.25, -0.2) is 0 Å². The monoisotopic (exact) mass is 327 g/mol.